The Morgan fingerprint density at radius 1 is 1.13 bits per heavy atom. The summed E-state index contributed by atoms with van der Waals surface area (Å²) in [5, 5.41) is 16.2. The Labute approximate surface area is 268 Å². The Balaban J connectivity index is 1.16. The molecule has 2 bridgehead atoms. The van der Waals surface area contributed by atoms with Gasteiger partial charge in [0.15, 0.2) is 5.82 Å². The number of phenolic OH excluding ortho intramolecular Hbond substituents is 1. The van der Waals surface area contributed by atoms with E-state index < -0.39 is 5.82 Å². The van der Waals surface area contributed by atoms with Crippen LogP contribution >= 0.6 is 0 Å². The third-order valence-electron chi connectivity index (χ3n) is 11.8. The van der Waals surface area contributed by atoms with Gasteiger partial charge in [0.2, 0.25) is 0 Å². The summed E-state index contributed by atoms with van der Waals surface area (Å²) >= 11 is 0. The molecule has 4 aliphatic heterocycles. The van der Waals surface area contributed by atoms with Gasteiger partial charge in [-0.3, -0.25) is 9.88 Å². The fraction of sp³-hybridized carbons (Fsp3) is 0.486. The van der Waals surface area contributed by atoms with Gasteiger partial charge in [-0.2, -0.15) is 9.97 Å². The molecule has 0 spiro atoms. The Kier molecular flexibility index (Phi) is 6.29. The molecule has 5 aliphatic rings. The van der Waals surface area contributed by atoms with Gasteiger partial charge >= 0.3 is 6.01 Å². The van der Waals surface area contributed by atoms with E-state index in [0.717, 1.165) is 45.3 Å². The summed E-state index contributed by atoms with van der Waals surface area (Å²) in [5.74, 6) is 2.81. The minimum Gasteiger partial charge on any atom is -0.508 e. The minimum absolute atomic E-state index is 0.0112. The van der Waals surface area contributed by atoms with Crippen molar-refractivity contribution in [1.82, 2.24) is 25.2 Å². The molecule has 5 atom stereocenters. The highest BCUT2D eigenvalue weighted by molar-refractivity contribution is 6.02. The molecule has 1 saturated carbocycles. The topological polar surface area (TPSA) is 86.6 Å². The van der Waals surface area contributed by atoms with E-state index in [-0.39, 0.29) is 28.5 Å². The van der Waals surface area contributed by atoms with E-state index in [1.54, 1.807) is 12.3 Å². The zero-order chi connectivity index (χ0) is 31.2. The zero-order valence-corrected chi connectivity index (χ0v) is 26.2. The second-order valence-corrected chi connectivity index (χ2v) is 14.6. The highest BCUT2D eigenvalue weighted by Gasteiger charge is 2.60. The molecule has 5 unspecified atom stereocenters. The fourth-order valence-corrected chi connectivity index (χ4v) is 9.95. The van der Waals surface area contributed by atoms with Crippen molar-refractivity contribution in [2.24, 2.45) is 5.41 Å². The number of terminal acetylenes is 1. The number of nitrogens with one attached hydrogen (secondary N) is 1. The highest BCUT2D eigenvalue weighted by Crippen LogP contribution is 2.58. The minimum atomic E-state index is -0.577. The number of rotatable bonds is 5. The molecular formula is C37H39FN6O2. The molecule has 4 saturated heterocycles. The predicted molar refractivity (Wildman–Crippen MR) is 177 cm³/mol. The maximum atomic E-state index is 16.9. The molecule has 2 aromatic carbocycles. The van der Waals surface area contributed by atoms with Gasteiger partial charge in [-0.05, 0) is 80.5 Å². The molecule has 6 heterocycles. The first-order chi connectivity index (χ1) is 22.3. The summed E-state index contributed by atoms with van der Waals surface area (Å²) < 4.78 is 23.5. The Bertz CT molecular complexity index is 1930. The number of aromatic nitrogens is 3. The lowest BCUT2D eigenvalue weighted by molar-refractivity contribution is 0.0827. The first-order valence-corrected chi connectivity index (χ1v) is 16.8. The second-order valence-electron chi connectivity index (χ2n) is 14.6. The van der Waals surface area contributed by atoms with Gasteiger partial charge in [0.25, 0.3) is 0 Å². The molecule has 2 N–H and O–H groups in total. The van der Waals surface area contributed by atoms with E-state index in [4.69, 9.17) is 21.1 Å². The van der Waals surface area contributed by atoms with Gasteiger partial charge in [0.05, 0.1) is 10.9 Å². The van der Waals surface area contributed by atoms with E-state index >= 15 is 4.39 Å². The first-order valence-electron chi connectivity index (χ1n) is 16.8. The summed E-state index contributed by atoms with van der Waals surface area (Å²) in [4.78, 5) is 19.4. The number of nitrogens with zero attached hydrogens (tertiary/aromatic N) is 5. The van der Waals surface area contributed by atoms with E-state index in [0.29, 0.717) is 63.3 Å². The number of ether oxygens (including phenoxy) is 1. The summed E-state index contributed by atoms with van der Waals surface area (Å²) in [6.07, 6.45) is 17.0. The first kappa shape index (κ1) is 28.2. The Hall–Kier alpha value is -4.00. The molecule has 9 rings (SSSR count). The van der Waals surface area contributed by atoms with Crippen LogP contribution in [0.5, 0.6) is 11.8 Å². The summed E-state index contributed by atoms with van der Waals surface area (Å²) in [6.45, 7) is 5.63. The molecule has 2 aromatic heterocycles. The van der Waals surface area contributed by atoms with E-state index in [9.17, 15) is 5.11 Å². The van der Waals surface area contributed by atoms with E-state index in [2.05, 4.69) is 32.9 Å². The molecule has 5 fully saturated rings. The van der Waals surface area contributed by atoms with Gasteiger partial charge < -0.3 is 20.1 Å². The van der Waals surface area contributed by atoms with Crippen LogP contribution in [-0.2, 0) is 0 Å². The van der Waals surface area contributed by atoms with Crippen molar-refractivity contribution >= 4 is 27.5 Å². The highest BCUT2D eigenvalue weighted by atomic mass is 19.1. The van der Waals surface area contributed by atoms with Crippen molar-refractivity contribution < 1.29 is 14.2 Å². The largest absolute Gasteiger partial charge is 0.508 e. The van der Waals surface area contributed by atoms with E-state index in [1.165, 1.54) is 31.7 Å². The van der Waals surface area contributed by atoms with Gasteiger partial charge in [-0.1, -0.05) is 31.4 Å². The summed E-state index contributed by atoms with van der Waals surface area (Å²) in [7, 11) is 0. The predicted octanol–water partition coefficient (Wildman–Crippen LogP) is 5.79. The molecule has 46 heavy (non-hydrogen) atoms. The Morgan fingerprint density at radius 3 is 2.80 bits per heavy atom. The SMILES string of the molecule is C#Cc1cccc2cc(O)cc(-c3ncc4c(N5CC6CCC(C5)N6)nc(OCC56CCCN5C5CCCC5(C)C6)nc4c3F)c12. The number of pyridine rings is 1. The standard InChI is InChI=1S/C37H39FN6O2/c1-3-22-7-4-8-23-15-26(45)16-27(30(22)23)32-31(38)33-28(17-39-32)34(43-18-24-10-11-25(19-43)40-24)42-35(41-33)46-21-37-13-6-14-44(37)29-9-5-12-36(29,2)20-37/h1,4,7-8,15-17,24-25,29,40,45H,5-6,9-14,18-21H2,2H3. The lowest BCUT2D eigenvalue weighted by Gasteiger charge is -2.35. The van der Waals surface area contributed by atoms with Crippen molar-refractivity contribution in [3.63, 3.8) is 0 Å². The van der Waals surface area contributed by atoms with Gasteiger partial charge in [0.1, 0.15) is 29.4 Å². The van der Waals surface area contributed by atoms with Gasteiger partial charge in [-0.25, -0.2) is 4.39 Å². The normalized spacial score (nSPS) is 30.2. The lowest BCUT2D eigenvalue weighted by atomic mass is 9.78. The van der Waals surface area contributed by atoms with Gasteiger partial charge in [-0.15, -0.1) is 6.42 Å². The molecular weight excluding hydrogens is 579 g/mol. The molecule has 0 amide bonds. The van der Waals surface area contributed by atoms with Crippen LogP contribution in [0.4, 0.5) is 10.2 Å². The Morgan fingerprint density at radius 2 is 1.98 bits per heavy atom. The third-order valence-corrected chi connectivity index (χ3v) is 11.8. The van der Waals surface area contributed by atoms with Crippen LogP contribution in [0.1, 0.15) is 63.9 Å². The number of anilines is 1. The van der Waals surface area contributed by atoms with Crippen LogP contribution in [-0.4, -0.2) is 74.9 Å². The van der Waals surface area contributed by atoms with Crippen LogP contribution < -0.4 is 15.0 Å². The number of fused-ring (bicyclic) bond motifs is 7. The van der Waals surface area contributed by atoms with Crippen LogP contribution in [0.3, 0.4) is 0 Å². The number of hydrogen-bond acceptors (Lipinski definition) is 8. The summed E-state index contributed by atoms with van der Waals surface area (Å²) in [6, 6.07) is 10.2. The van der Waals surface area contributed by atoms with Crippen molar-refractivity contribution in [2.75, 3.05) is 31.1 Å². The van der Waals surface area contributed by atoms with Crippen molar-refractivity contribution in [3.8, 4) is 35.4 Å². The number of halogens is 1. The molecule has 9 heteroatoms. The van der Waals surface area contributed by atoms with Crippen LogP contribution in [0.15, 0.2) is 36.5 Å². The number of piperazine rings is 1. The average molecular weight is 619 g/mol. The van der Waals surface area contributed by atoms with Crippen LogP contribution in [0, 0.1) is 23.6 Å². The molecule has 8 nitrogen and oxygen atoms in total. The van der Waals surface area contributed by atoms with E-state index in [1.807, 2.05) is 18.2 Å². The quantitative estimate of drug-likeness (QED) is 0.272. The molecule has 4 aromatic rings. The van der Waals surface area contributed by atoms with Crippen LogP contribution in [0.25, 0.3) is 32.9 Å². The third kappa shape index (κ3) is 4.22. The van der Waals surface area contributed by atoms with Crippen molar-refractivity contribution in [2.45, 2.75) is 82.0 Å². The number of benzene rings is 2. The van der Waals surface area contributed by atoms with Crippen molar-refractivity contribution in [1.29, 1.82) is 0 Å². The number of phenols is 1. The number of hydrogen-bond donors (Lipinski definition) is 2. The molecule has 236 valence electrons. The fourth-order valence-electron chi connectivity index (χ4n) is 9.95. The molecule has 0 radical (unpaired) electrons. The maximum Gasteiger partial charge on any atom is 0.319 e. The smallest absolute Gasteiger partial charge is 0.319 e. The maximum absolute atomic E-state index is 16.9. The van der Waals surface area contributed by atoms with Gasteiger partial charge in [0, 0.05) is 53.9 Å². The van der Waals surface area contributed by atoms with Crippen molar-refractivity contribution in [3.05, 3.63) is 47.9 Å². The summed E-state index contributed by atoms with van der Waals surface area (Å²) in [5.41, 5.74) is 1.59. The second kappa shape index (κ2) is 10.2. The lowest BCUT2D eigenvalue weighted by Crippen LogP contribution is -2.51. The zero-order valence-electron chi connectivity index (χ0n) is 26.2. The number of aromatic hydroxyl groups is 1. The average Bonchev–Trinajstić information content (AvgIpc) is 3.78. The molecule has 1 aliphatic carbocycles. The monoisotopic (exact) mass is 618 g/mol. The van der Waals surface area contributed by atoms with Crippen LogP contribution in [0.2, 0.25) is 0 Å².